The van der Waals surface area contributed by atoms with E-state index in [4.69, 9.17) is 9.47 Å². The molecule has 0 unspecified atom stereocenters. The number of allylic oxidation sites excluding steroid dienone is 1. The smallest absolute Gasteiger partial charge is 0.325 e. The summed E-state index contributed by atoms with van der Waals surface area (Å²) in [7, 11) is 3.37. The molecule has 176 valence electrons. The van der Waals surface area contributed by atoms with Crippen LogP contribution in [0.2, 0.25) is 0 Å². The number of carbonyl (C=O) groups is 1. The van der Waals surface area contributed by atoms with Gasteiger partial charge in [0.25, 0.3) is 0 Å². The molecule has 1 aromatic rings. The highest BCUT2D eigenvalue weighted by Crippen LogP contribution is 2.49. The molecule has 1 atom stereocenters. The predicted octanol–water partition coefficient (Wildman–Crippen LogP) is 4.16. The third kappa shape index (κ3) is 3.53. The van der Waals surface area contributed by atoms with Gasteiger partial charge in [0, 0.05) is 68.3 Å². The summed E-state index contributed by atoms with van der Waals surface area (Å²) in [5.41, 5.74) is 4.55. The van der Waals surface area contributed by atoms with Gasteiger partial charge in [-0.2, -0.15) is 0 Å². The maximum atomic E-state index is 13.7. The van der Waals surface area contributed by atoms with E-state index >= 15 is 0 Å². The van der Waals surface area contributed by atoms with Gasteiger partial charge in [0.15, 0.2) is 0 Å². The van der Waals surface area contributed by atoms with Gasteiger partial charge in [-0.1, -0.05) is 13.0 Å². The molecule has 4 aliphatic heterocycles. The lowest BCUT2D eigenvalue weighted by Gasteiger charge is -2.44. The van der Waals surface area contributed by atoms with Crippen LogP contribution in [0.4, 0.5) is 4.79 Å². The van der Waals surface area contributed by atoms with E-state index in [1.54, 1.807) is 14.2 Å². The summed E-state index contributed by atoms with van der Waals surface area (Å²) >= 11 is 0. The second kappa shape index (κ2) is 8.52. The minimum Gasteiger partial charge on any atom is -0.497 e. The van der Waals surface area contributed by atoms with Crippen molar-refractivity contribution in [2.24, 2.45) is 4.99 Å². The van der Waals surface area contributed by atoms with Crippen LogP contribution >= 0.6 is 0 Å². The lowest BCUT2D eigenvalue weighted by atomic mass is 9.82. The van der Waals surface area contributed by atoms with Gasteiger partial charge in [0.05, 0.1) is 26.3 Å². The Labute approximate surface area is 196 Å². The molecule has 4 heterocycles. The van der Waals surface area contributed by atoms with E-state index in [-0.39, 0.29) is 17.5 Å². The van der Waals surface area contributed by atoms with E-state index in [1.165, 1.54) is 11.3 Å². The molecule has 7 heteroatoms. The molecule has 1 spiro atoms. The van der Waals surface area contributed by atoms with E-state index in [2.05, 4.69) is 40.8 Å². The SMILES string of the molecule is CCN1C(=O)N2Cc3cc(OC)cc(OC)c3[C@@H](C)C=C2C12CCN(CC1=CN=CC1)CC2. The maximum absolute atomic E-state index is 13.7. The van der Waals surface area contributed by atoms with Crippen molar-refractivity contribution in [2.75, 3.05) is 40.4 Å². The lowest BCUT2D eigenvalue weighted by molar-refractivity contribution is 0.0966. The van der Waals surface area contributed by atoms with Crippen molar-refractivity contribution in [3.63, 3.8) is 0 Å². The van der Waals surface area contributed by atoms with Crippen LogP contribution in [0.1, 0.15) is 50.2 Å². The minimum absolute atomic E-state index is 0.117. The summed E-state index contributed by atoms with van der Waals surface area (Å²) in [6, 6.07) is 4.12. The number of likely N-dealkylation sites (N-methyl/N-ethyl adjacent to an activating group) is 1. The first-order chi connectivity index (χ1) is 16.0. The number of ether oxygens (including phenoxy) is 2. The fourth-order valence-corrected chi connectivity index (χ4v) is 6.12. The Balaban J connectivity index is 1.48. The number of methoxy groups -OCH3 is 2. The Morgan fingerprint density at radius 1 is 1.18 bits per heavy atom. The van der Waals surface area contributed by atoms with Crippen LogP contribution in [0, 0.1) is 0 Å². The van der Waals surface area contributed by atoms with Crippen LogP contribution in [0.15, 0.2) is 40.7 Å². The molecule has 33 heavy (non-hydrogen) atoms. The Bertz CT molecular complexity index is 1040. The van der Waals surface area contributed by atoms with Gasteiger partial charge >= 0.3 is 6.03 Å². The fourth-order valence-electron chi connectivity index (χ4n) is 6.12. The van der Waals surface area contributed by atoms with Gasteiger partial charge in [-0.05, 0) is 37.0 Å². The first-order valence-corrected chi connectivity index (χ1v) is 12.0. The summed E-state index contributed by atoms with van der Waals surface area (Å²) in [5.74, 6) is 1.72. The summed E-state index contributed by atoms with van der Waals surface area (Å²) < 4.78 is 11.3. The number of amides is 2. The van der Waals surface area contributed by atoms with Gasteiger partial charge in [-0.15, -0.1) is 0 Å². The minimum atomic E-state index is -0.240. The lowest BCUT2D eigenvalue weighted by Crippen LogP contribution is -2.53. The average Bonchev–Trinajstić information content (AvgIpc) is 3.36. The number of rotatable bonds is 5. The van der Waals surface area contributed by atoms with E-state index in [0.29, 0.717) is 13.1 Å². The standard InChI is InChI=1S/C26H34N4O3/c1-5-30-25(31)29-17-20-13-21(32-3)14-22(33-4)24(20)18(2)12-23(29)26(30)7-10-28(11-8-26)16-19-6-9-27-15-19/h9,12-15,18H,5-8,10-11,16-17H2,1-4H3/t18-/m0/s1. The topological polar surface area (TPSA) is 57.6 Å². The van der Waals surface area contributed by atoms with Gasteiger partial charge in [-0.3, -0.25) is 14.8 Å². The van der Waals surface area contributed by atoms with Crippen molar-refractivity contribution < 1.29 is 14.3 Å². The molecule has 0 saturated carbocycles. The molecular weight excluding hydrogens is 416 g/mol. The molecule has 1 aromatic carbocycles. The number of piperidine rings is 1. The van der Waals surface area contributed by atoms with E-state index in [0.717, 1.165) is 61.5 Å². The second-order valence-electron chi connectivity index (χ2n) is 9.49. The molecule has 4 aliphatic rings. The number of fused-ring (bicyclic) bond motifs is 3. The van der Waals surface area contributed by atoms with Crippen molar-refractivity contribution in [1.29, 1.82) is 0 Å². The number of hydrogen-bond acceptors (Lipinski definition) is 5. The molecule has 0 N–H and O–H groups in total. The first kappa shape index (κ1) is 22.0. The normalized spacial score (nSPS) is 23.9. The molecule has 0 bridgehead atoms. The Morgan fingerprint density at radius 3 is 2.61 bits per heavy atom. The largest absolute Gasteiger partial charge is 0.497 e. The number of benzene rings is 1. The zero-order valence-electron chi connectivity index (χ0n) is 20.1. The number of likely N-dealkylation sites (tertiary alicyclic amines) is 1. The summed E-state index contributed by atoms with van der Waals surface area (Å²) in [5, 5.41) is 0. The number of carbonyl (C=O) groups excluding carboxylic acids is 1. The Hall–Kier alpha value is -2.80. The number of aliphatic imine (C=N–C) groups is 1. The van der Waals surface area contributed by atoms with Crippen LogP contribution in [0.3, 0.4) is 0 Å². The van der Waals surface area contributed by atoms with Gasteiger partial charge in [0.2, 0.25) is 0 Å². The zero-order valence-corrected chi connectivity index (χ0v) is 20.1. The van der Waals surface area contributed by atoms with Crippen LogP contribution in [0.5, 0.6) is 11.5 Å². The molecule has 2 saturated heterocycles. The molecule has 5 rings (SSSR count). The Morgan fingerprint density at radius 2 is 1.97 bits per heavy atom. The molecular formula is C26H34N4O3. The van der Waals surface area contributed by atoms with Crippen molar-refractivity contribution in [1.82, 2.24) is 14.7 Å². The molecule has 0 aliphatic carbocycles. The number of nitrogens with zero attached hydrogens (tertiary/aromatic N) is 4. The highest BCUT2D eigenvalue weighted by atomic mass is 16.5. The van der Waals surface area contributed by atoms with Gasteiger partial charge in [0.1, 0.15) is 11.5 Å². The quantitative estimate of drug-likeness (QED) is 0.676. The van der Waals surface area contributed by atoms with Gasteiger partial charge in [-0.25, -0.2) is 4.79 Å². The van der Waals surface area contributed by atoms with E-state index < -0.39 is 0 Å². The molecule has 7 nitrogen and oxygen atoms in total. The zero-order chi connectivity index (χ0) is 23.2. The third-order valence-corrected chi connectivity index (χ3v) is 7.74. The van der Waals surface area contributed by atoms with Crippen molar-refractivity contribution >= 4 is 12.2 Å². The van der Waals surface area contributed by atoms with Crippen LogP contribution in [-0.4, -0.2) is 72.9 Å². The van der Waals surface area contributed by atoms with Gasteiger partial charge < -0.3 is 14.4 Å². The number of urea groups is 1. The van der Waals surface area contributed by atoms with Crippen LogP contribution in [0.25, 0.3) is 0 Å². The van der Waals surface area contributed by atoms with Crippen molar-refractivity contribution in [3.05, 3.63) is 46.8 Å². The molecule has 0 radical (unpaired) electrons. The molecule has 2 amide bonds. The Kier molecular flexibility index (Phi) is 5.69. The highest BCUT2D eigenvalue weighted by molar-refractivity contribution is 5.83. The average molecular weight is 451 g/mol. The predicted molar refractivity (Wildman–Crippen MR) is 129 cm³/mol. The number of hydrogen-bond donors (Lipinski definition) is 0. The van der Waals surface area contributed by atoms with E-state index in [9.17, 15) is 4.79 Å². The third-order valence-electron chi connectivity index (χ3n) is 7.74. The van der Waals surface area contributed by atoms with Crippen LogP contribution in [-0.2, 0) is 6.54 Å². The summed E-state index contributed by atoms with van der Waals surface area (Å²) in [6.45, 7) is 8.49. The first-order valence-electron chi connectivity index (χ1n) is 12.0. The van der Waals surface area contributed by atoms with Crippen molar-refractivity contribution in [3.8, 4) is 11.5 Å². The second-order valence-corrected chi connectivity index (χ2v) is 9.49. The monoisotopic (exact) mass is 450 g/mol. The fraction of sp³-hybridized carbons (Fsp3) is 0.538. The summed E-state index contributed by atoms with van der Waals surface area (Å²) in [4.78, 5) is 24.6. The molecule has 2 fully saturated rings. The highest BCUT2D eigenvalue weighted by Gasteiger charge is 2.54. The van der Waals surface area contributed by atoms with Crippen molar-refractivity contribution in [2.45, 2.75) is 51.1 Å². The summed E-state index contributed by atoms with van der Waals surface area (Å²) in [6.07, 6.45) is 9.15. The maximum Gasteiger partial charge on any atom is 0.325 e. The molecule has 0 aromatic heterocycles. The van der Waals surface area contributed by atoms with E-state index in [1.807, 2.05) is 23.4 Å². The van der Waals surface area contributed by atoms with Crippen LogP contribution < -0.4 is 9.47 Å².